The molecule has 1 atom stereocenters. The predicted molar refractivity (Wildman–Crippen MR) is 80.1 cm³/mol. The molecule has 1 N–H and O–H groups in total. The van der Waals surface area contributed by atoms with Crippen molar-refractivity contribution in [3.05, 3.63) is 57.9 Å². The summed E-state index contributed by atoms with van der Waals surface area (Å²) in [5.74, 6) is -0.793. The van der Waals surface area contributed by atoms with Gasteiger partial charge in [0, 0.05) is 11.4 Å². The minimum absolute atomic E-state index is 0.384. The summed E-state index contributed by atoms with van der Waals surface area (Å²) in [6, 6.07) is 10.0. The van der Waals surface area contributed by atoms with Crippen molar-refractivity contribution in [1.82, 2.24) is 5.32 Å². The highest BCUT2D eigenvalue weighted by atomic mass is 16.5. The topological polar surface area (TPSA) is 62.1 Å². The zero-order chi connectivity index (χ0) is 15.6. The summed E-state index contributed by atoms with van der Waals surface area (Å²) in [5, 5.41) is 12.6. The van der Waals surface area contributed by atoms with Crippen molar-refractivity contribution in [3.63, 3.8) is 0 Å². The Balaban J connectivity index is 2.70. The molecule has 1 unspecified atom stereocenters. The molecule has 0 fully saturated rings. The molecule has 2 rings (SSSR count). The van der Waals surface area contributed by atoms with Crippen LogP contribution in [0.25, 0.3) is 0 Å². The van der Waals surface area contributed by atoms with Crippen LogP contribution in [0.2, 0.25) is 0 Å². The lowest BCUT2D eigenvalue weighted by atomic mass is 9.79. The van der Waals surface area contributed by atoms with Gasteiger partial charge in [-0.25, -0.2) is 4.79 Å². The molecule has 0 radical (unpaired) electrons. The minimum atomic E-state index is -0.409. The summed E-state index contributed by atoms with van der Waals surface area (Å²) in [6.45, 7) is 5.66. The number of nitriles is 1. The Kier molecular flexibility index (Phi) is 4.13. The molecule has 4 nitrogen and oxygen atoms in total. The minimum Gasteiger partial charge on any atom is -0.466 e. The van der Waals surface area contributed by atoms with Gasteiger partial charge >= 0.3 is 5.97 Å². The molecule has 0 spiro atoms. The van der Waals surface area contributed by atoms with E-state index in [0.29, 0.717) is 11.1 Å². The van der Waals surface area contributed by atoms with Crippen molar-refractivity contribution >= 4 is 5.97 Å². The van der Waals surface area contributed by atoms with Gasteiger partial charge in [-0.05, 0) is 31.9 Å². The van der Waals surface area contributed by atoms with E-state index in [9.17, 15) is 10.1 Å². The maximum absolute atomic E-state index is 12.2. The second kappa shape index (κ2) is 5.84. The number of methoxy groups -OCH3 is 1. The number of hydrogen-bond donors (Lipinski definition) is 1. The fourth-order valence-corrected chi connectivity index (χ4v) is 2.74. The van der Waals surface area contributed by atoms with E-state index in [1.807, 2.05) is 45.0 Å². The molecule has 108 valence electrons. The van der Waals surface area contributed by atoms with E-state index in [4.69, 9.17) is 4.74 Å². The SMILES string of the molecule is COC(=O)C1=C(C)NC(C)=C(C#N)C1c1ccccc1C. The zero-order valence-corrected chi connectivity index (χ0v) is 12.7. The van der Waals surface area contributed by atoms with E-state index >= 15 is 0 Å². The second-order valence-electron chi connectivity index (χ2n) is 5.10. The summed E-state index contributed by atoms with van der Waals surface area (Å²) < 4.78 is 4.91. The van der Waals surface area contributed by atoms with Crippen molar-refractivity contribution in [2.45, 2.75) is 26.7 Å². The molecule has 0 saturated heterocycles. The number of nitrogens with one attached hydrogen (secondary N) is 1. The van der Waals surface area contributed by atoms with Gasteiger partial charge in [-0.15, -0.1) is 0 Å². The third-order valence-corrected chi connectivity index (χ3v) is 3.79. The first-order chi connectivity index (χ1) is 10.0. The number of aryl methyl sites for hydroxylation is 1. The first-order valence-electron chi connectivity index (χ1n) is 6.73. The lowest BCUT2D eigenvalue weighted by Crippen LogP contribution is -2.28. The predicted octanol–water partition coefficient (Wildman–Crippen LogP) is 2.93. The van der Waals surface area contributed by atoms with Crippen LogP contribution in [0.1, 0.15) is 30.9 Å². The fourth-order valence-electron chi connectivity index (χ4n) is 2.74. The maximum Gasteiger partial charge on any atom is 0.336 e. The van der Waals surface area contributed by atoms with Crippen LogP contribution in [0.4, 0.5) is 0 Å². The van der Waals surface area contributed by atoms with Gasteiger partial charge < -0.3 is 10.1 Å². The van der Waals surface area contributed by atoms with Crippen molar-refractivity contribution in [1.29, 1.82) is 5.26 Å². The van der Waals surface area contributed by atoms with Crippen LogP contribution in [0.3, 0.4) is 0 Å². The number of dihydropyridines is 1. The third kappa shape index (κ3) is 2.55. The van der Waals surface area contributed by atoms with Crippen LogP contribution < -0.4 is 5.32 Å². The summed E-state index contributed by atoms with van der Waals surface area (Å²) in [6.07, 6.45) is 0. The Hall–Kier alpha value is -2.54. The first kappa shape index (κ1) is 14.9. The summed E-state index contributed by atoms with van der Waals surface area (Å²) >= 11 is 0. The fraction of sp³-hybridized carbons (Fsp3) is 0.294. The Morgan fingerprint density at radius 1 is 1.24 bits per heavy atom. The van der Waals surface area contributed by atoms with E-state index < -0.39 is 5.97 Å². The molecule has 21 heavy (non-hydrogen) atoms. The molecule has 1 aromatic carbocycles. The first-order valence-corrected chi connectivity index (χ1v) is 6.73. The molecule has 1 aromatic rings. The normalized spacial score (nSPS) is 18.1. The number of hydrogen-bond acceptors (Lipinski definition) is 4. The maximum atomic E-state index is 12.2. The molecule has 1 aliphatic rings. The molecule has 4 heteroatoms. The van der Waals surface area contributed by atoms with Crippen LogP contribution in [-0.2, 0) is 9.53 Å². The van der Waals surface area contributed by atoms with E-state index in [1.165, 1.54) is 7.11 Å². The van der Waals surface area contributed by atoms with Gasteiger partial charge in [0.15, 0.2) is 0 Å². The van der Waals surface area contributed by atoms with E-state index in [0.717, 1.165) is 22.5 Å². The molecular weight excluding hydrogens is 264 g/mol. The Morgan fingerprint density at radius 3 is 2.48 bits per heavy atom. The molecule has 0 aromatic heterocycles. The number of nitrogens with zero attached hydrogens (tertiary/aromatic N) is 1. The van der Waals surface area contributed by atoms with E-state index in [-0.39, 0.29) is 5.92 Å². The highest BCUT2D eigenvalue weighted by Gasteiger charge is 2.34. The molecular formula is C17H18N2O2. The number of carbonyl (C=O) groups is 1. The average molecular weight is 282 g/mol. The van der Waals surface area contributed by atoms with Gasteiger partial charge in [0.2, 0.25) is 0 Å². The van der Waals surface area contributed by atoms with E-state index in [2.05, 4.69) is 11.4 Å². The Bertz CT molecular complexity index is 693. The number of allylic oxidation sites excluding steroid dienone is 3. The number of benzene rings is 1. The lowest BCUT2D eigenvalue weighted by molar-refractivity contribution is -0.136. The molecule has 0 aliphatic carbocycles. The third-order valence-electron chi connectivity index (χ3n) is 3.79. The van der Waals surface area contributed by atoms with Gasteiger partial charge in [0.1, 0.15) is 0 Å². The standard InChI is InChI=1S/C17H18N2O2/c1-10-7-5-6-8-13(10)16-14(9-18)11(2)19-12(3)15(16)17(20)21-4/h5-8,16,19H,1-4H3. The Labute approximate surface area is 124 Å². The quantitative estimate of drug-likeness (QED) is 0.847. The van der Waals surface area contributed by atoms with Crippen LogP contribution in [0.5, 0.6) is 0 Å². The van der Waals surface area contributed by atoms with Crippen LogP contribution >= 0.6 is 0 Å². The van der Waals surface area contributed by atoms with Gasteiger partial charge in [-0.1, -0.05) is 24.3 Å². The Morgan fingerprint density at radius 2 is 1.90 bits per heavy atom. The number of esters is 1. The van der Waals surface area contributed by atoms with Gasteiger partial charge in [0.25, 0.3) is 0 Å². The number of carbonyl (C=O) groups excluding carboxylic acids is 1. The molecule has 0 saturated carbocycles. The molecule has 1 heterocycles. The number of ether oxygens (including phenoxy) is 1. The van der Waals surface area contributed by atoms with Crippen molar-refractivity contribution < 1.29 is 9.53 Å². The average Bonchev–Trinajstić information content (AvgIpc) is 2.46. The van der Waals surface area contributed by atoms with Crippen LogP contribution in [-0.4, -0.2) is 13.1 Å². The number of rotatable bonds is 2. The van der Waals surface area contributed by atoms with Crippen molar-refractivity contribution in [2.75, 3.05) is 7.11 Å². The summed E-state index contributed by atoms with van der Waals surface area (Å²) in [7, 11) is 1.36. The van der Waals surface area contributed by atoms with Crippen molar-refractivity contribution in [3.8, 4) is 6.07 Å². The zero-order valence-electron chi connectivity index (χ0n) is 12.7. The van der Waals surface area contributed by atoms with E-state index in [1.54, 1.807) is 0 Å². The molecule has 1 aliphatic heterocycles. The largest absolute Gasteiger partial charge is 0.466 e. The summed E-state index contributed by atoms with van der Waals surface area (Å²) in [4.78, 5) is 12.2. The molecule has 0 bridgehead atoms. The van der Waals surface area contributed by atoms with Gasteiger partial charge in [0.05, 0.1) is 30.2 Å². The smallest absolute Gasteiger partial charge is 0.336 e. The monoisotopic (exact) mass is 282 g/mol. The highest BCUT2D eigenvalue weighted by molar-refractivity contribution is 5.93. The second-order valence-corrected chi connectivity index (χ2v) is 5.10. The lowest BCUT2D eigenvalue weighted by Gasteiger charge is -2.29. The molecule has 0 amide bonds. The van der Waals surface area contributed by atoms with Crippen LogP contribution in [0, 0.1) is 18.3 Å². The highest BCUT2D eigenvalue weighted by Crippen LogP contribution is 2.39. The van der Waals surface area contributed by atoms with Gasteiger partial charge in [-0.3, -0.25) is 0 Å². The van der Waals surface area contributed by atoms with Gasteiger partial charge in [-0.2, -0.15) is 5.26 Å². The summed E-state index contributed by atoms with van der Waals surface area (Å²) in [5.41, 5.74) is 4.54. The van der Waals surface area contributed by atoms with Crippen LogP contribution in [0.15, 0.2) is 46.8 Å². The van der Waals surface area contributed by atoms with Crippen molar-refractivity contribution in [2.24, 2.45) is 0 Å².